The number of hydrogen-bond acceptors (Lipinski definition) is 6. The smallest absolute Gasteiger partial charge is 0.222 e. The van der Waals surface area contributed by atoms with Crippen molar-refractivity contribution >= 4 is 11.8 Å². The van der Waals surface area contributed by atoms with E-state index >= 15 is 0 Å². The molecule has 7 nitrogen and oxygen atoms in total. The fourth-order valence-electron chi connectivity index (χ4n) is 2.77. The summed E-state index contributed by atoms with van der Waals surface area (Å²) in [6.45, 7) is 7.06. The largest absolute Gasteiger partial charge is 0.368 e. The van der Waals surface area contributed by atoms with Crippen molar-refractivity contribution in [3.05, 3.63) is 23.4 Å². The van der Waals surface area contributed by atoms with E-state index < -0.39 is 0 Å². The normalized spacial score (nSPS) is 17.8. The summed E-state index contributed by atoms with van der Waals surface area (Å²) in [6.07, 6.45) is 1.94. The zero-order valence-electron chi connectivity index (χ0n) is 12.7. The minimum atomic E-state index is 0.305. The molecule has 112 valence electrons. The average Bonchev–Trinajstić information content (AvgIpc) is 2.80. The van der Waals surface area contributed by atoms with E-state index in [9.17, 15) is 0 Å². The standard InChI is InChI=1S/C14H21N7/c1-8(2)13-20-19-12-5-4-10(7-21(12)13)17-11-6-9(3)16-14(15)18-11/h6,8,10H,4-5,7H2,1-3H3,(H3,15,16,17,18). The molecule has 0 amide bonds. The first-order chi connectivity index (χ1) is 10.0. The second-order valence-corrected chi connectivity index (χ2v) is 5.87. The van der Waals surface area contributed by atoms with Gasteiger partial charge in [0.05, 0.1) is 0 Å². The van der Waals surface area contributed by atoms with Gasteiger partial charge >= 0.3 is 0 Å². The van der Waals surface area contributed by atoms with Crippen LogP contribution in [0.1, 0.15) is 43.5 Å². The number of fused-ring (bicyclic) bond motifs is 1. The molecule has 2 aromatic rings. The highest BCUT2D eigenvalue weighted by Gasteiger charge is 2.24. The van der Waals surface area contributed by atoms with Gasteiger partial charge in [-0.15, -0.1) is 10.2 Å². The van der Waals surface area contributed by atoms with Crippen molar-refractivity contribution in [3.63, 3.8) is 0 Å². The van der Waals surface area contributed by atoms with Gasteiger partial charge in [-0.3, -0.25) is 0 Å². The van der Waals surface area contributed by atoms with Gasteiger partial charge in [0.15, 0.2) is 0 Å². The lowest BCUT2D eigenvalue weighted by Crippen LogP contribution is -2.32. The van der Waals surface area contributed by atoms with Crippen LogP contribution in [0.3, 0.4) is 0 Å². The summed E-state index contributed by atoms with van der Waals surface area (Å²) in [5, 5.41) is 12.0. The molecule has 0 spiro atoms. The number of aromatic nitrogens is 5. The molecule has 0 radical (unpaired) electrons. The van der Waals surface area contributed by atoms with Crippen molar-refractivity contribution in [1.82, 2.24) is 24.7 Å². The summed E-state index contributed by atoms with van der Waals surface area (Å²) in [7, 11) is 0. The second-order valence-electron chi connectivity index (χ2n) is 5.87. The number of rotatable bonds is 3. The Balaban J connectivity index is 1.78. The van der Waals surface area contributed by atoms with E-state index in [2.05, 4.69) is 43.9 Å². The number of anilines is 2. The molecular formula is C14H21N7. The Labute approximate surface area is 124 Å². The fourth-order valence-corrected chi connectivity index (χ4v) is 2.77. The maximum atomic E-state index is 5.70. The Morgan fingerprint density at radius 3 is 2.86 bits per heavy atom. The minimum Gasteiger partial charge on any atom is -0.368 e. The Kier molecular flexibility index (Phi) is 3.48. The molecule has 1 aliphatic heterocycles. The molecule has 2 aromatic heterocycles. The van der Waals surface area contributed by atoms with Gasteiger partial charge in [0.2, 0.25) is 5.95 Å². The highest BCUT2D eigenvalue weighted by molar-refractivity contribution is 5.41. The van der Waals surface area contributed by atoms with Gasteiger partial charge < -0.3 is 15.6 Å². The number of nitrogens with one attached hydrogen (secondary N) is 1. The molecule has 3 rings (SSSR count). The van der Waals surface area contributed by atoms with Gasteiger partial charge in [-0.2, -0.15) is 4.98 Å². The number of nitrogen functional groups attached to an aromatic ring is 1. The number of hydrogen-bond donors (Lipinski definition) is 2. The molecule has 1 atom stereocenters. The molecule has 0 aliphatic carbocycles. The van der Waals surface area contributed by atoms with Gasteiger partial charge in [0.1, 0.15) is 17.5 Å². The SMILES string of the molecule is Cc1cc(NC2CCc3nnc(C(C)C)n3C2)nc(N)n1. The lowest BCUT2D eigenvalue weighted by Gasteiger charge is -2.26. The molecule has 3 N–H and O–H groups in total. The molecule has 0 aromatic carbocycles. The van der Waals surface area contributed by atoms with Crippen LogP contribution in [0.2, 0.25) is 0 Å². The highest BCUT2D eigenvalue weighted by Crippen LogP contribution is 2.22. The summed E-state index contributed by atoms with van der Waals surface area (Å²) >= 11 is 0. The van der Waals surface area contributed by atoms with Crippen LogP contribution < -0.4 is 11.1 Å². The fraction of sp³-hybridized carbons (Fsp3) is 0.571. The van der Waals surface area contributed by atoms with E-state index in [4.69, 9.17) is 5.73 Å². The predicted octanol–water partition coefficient (Wildman–Crippen LogP) is 1.51. The van der Waals surface area contributed by atoms with E-state index in [0.29, 0.717) is 17.9 Å². The Morgan fingerprint density at radius 1 is 1.33 bits per heavy atom. The Bertz CT molecular complexity index is 627. The van der Waals surface area contributed by atoms with Crippen LogP contribution in [0.15, 0.2) is 6.07 Å². The lowest BCUT2D eigenvalue weighted by atomic mass is 10.1. The molecule has 0 bridgehead atoms. The zero-order chi connectivity index (χ0) is 15.0. The molecule has 21 heavy (non-hydrogen) atoms. The topological polar surface area (TPSA) is 94.5 Å². The molecule has 3 heterocycles. The van der Waals surface area contributed by atoms with Crippen LogP contribution in [0.4, 0.5) is 11.8 Å². The van der Waals surface area contributed by atoms with Crippen molar-refractivity contribution in [1.29, 1.82) is 0 Å². The Morgan fingerprint density at radius 2 is 2.14 bits per heavy atom. The van der Waals surface area contributed by atoms with Gasteiger partial charge in [-0.05, 0) is 13.3 Å². The average molecular weight is 287 g/mol. The minimum absolute atomic E-state index is 0.305. The summed E-state index contributed by atoms with van der Waals surface area (Å²) in [6, 6.07) is 2.22. The predicted molar refractivity (Wildman–Crippen MR) is 81.0 cm³/mol. The Hall–Kier alpha value is -2.18. The molecular weight excluding hydrogens is 266 g/mol. The number of nitrogens with zero attached hydrogens (tertiary/aromatic N) is 5. The number of nitrogens with two attached hydrogens (primary N) is 1. The molecule has 0 saturated carbocycles. The third kappa shape index (κ3) is 2.81. The van der Waals surface area contributed by atoms with E-state index in [1.54, 1.807) is 0 Å². The van der Waals surface area contributed by atoms with Crippen molar-refractivity contribution < 1.29 is 0 Å². The molecule has 0 saturated heterocycles. The third-order valence-corrected chi connectivity index (χ3v) is 3.72. The van der Waals surface area contributed by atoms with Crippen molar-refractivity contribution in [2.45, 2.75) is 52.1 Å². The first kappa shape index (κ1) is 13.8. The van der Waals surface area contributed by atoms with E-state index in [1.807, 2.05) is 13.0 Å². The van der Waals surface area contributed by atoms with Crippen LogP contribution in [0, 0.1) is 6.92 Å². The van der Waals surface area contributed by atoms with Crippen LogP contribution in [0.25, 0.3) is 0 Å². The molecule has 1 unspecified atom stereocenters. The first-order valence-corrected chi connectivity index (χ1v) is 7.32. The van der Waals surface area contributed by atoms with Gasteiger partial charge in [0.25, 0.3) is 0 Å². The van der Waals surface area contributed by atoms with Crippen molar-refractivity contribution in [3.8, 4) is 0 Å². The third-order valence-electron chi connectivity index (χ3n) is 3.72. The van der Waals surface area contributed by atoms with Crippen LogP contribution in [-0.2, 0) is 13.0 Å². The van der Waals surface area contributed by atoms with Crippen LogP contribution in [-0.4, -0.2) is 30.8 Å². The van der Waals surface area contributed by atoms with Gasteiger partial charge in [-0.1, -0.05) is 13.8 Å². The monoisotopic (exact) mass is 287 g/mol. The van der Waals surface area contributed by atoms with E-state index in [1.165, 1.54) is 0 Å². The van der Waals surface area contributed by atoms with Crippen molar-refractivity contribution in [2.24, 2.45) is 0 Å². The summed E-state index contributed by atoms with van der Waals surface area (Å²) in [5.74, 6) is 3.60. The quantitative estimate of drug-likeness (QED) is 0.888. The summed E-state index contributed by atoms with van der Waals surface area (Å²) < 4.78 is 2.23. The van der Waals surface area contributed by atoms with E-state index in [-0.39, 0.29) is 0 Å². The second kappa shape index (κ2) is 5.31. The van der Waals surface area contributed by atoms with Crippen LogP contribution >= 0.6 is 0 Å². The highest BCUT2D eigenvalue weighted by atomic mass is 15.3. The summed E-state index contributed by atoms with van der Waals surface area (Å²) in [4.78, 5) is 8.34. The van der Waals surface area contributed by atoms with Gasteiger partial charge in [-0.25, -0.2) is 4.98 Å². The zero-order valence-corrected chi connectivity index (χ0v) is 12.7. The number of aryl methyl sites for hydroxylation is 2. The molecule has 1 aliphatic rings. The van der Waals surface area contributed by atoms with Crippen molar-refractivity contribution in [2.75, 3.05) is 11.1 Å². The maximum Gasteiger partial charge on any atom is 0.222 e. The molecule has 7 heteroatoms. The first-order valence-electron chi connectivity index (χ1n) is 7.32. The molecule has 0 fully saturated rings. The summed E-state index contributed by atoms with van der Waals surface area (Å²) in [5.41, 5.74) is 6.57. The van der Waals surface area contributed by atoms with E-state index in [0.717, 1.165) is 42.5 Å². The van der Waals surface area contributed by atoms with Gasteiger partial charge in [0, 0.05) is 36.7 Å². The lowest BCUT2D eigenvalue weighted by molar-refractivity contribution is 0.458. The maximum absolute atomic E-state index is 5.70. The van der Waals surface area contributed by atoms with Crippen LogP contribution in [0.5, 0.6) is 0 Å².